The number of halogens is 1. The standard InChI is InChI=1S/C20H23ClN2O2/c1-11-8-12(2)19(14(4)24)13(3)16(11)10-23-18-9-15(20(25)22-5)6-7-17(18)21/h6-9,23H,10H2,1-5H3,(H,22,25). The lowest BCUT2D eigenvalue weighted by molar-refractivity contribution is 0.0961. The van der Waals surface area contributed by atoms with E-state index >= 15 is 0 Å². The van der Waals surface area contributed by atoms with Crippen molar-refractivity contribution < 1.29 is 9.59 Å². The monoisotopic (exact) mass is 358 g/mol. The fourth-order valence-electron chi connectivity index (χ4n) is 3.17. The molecule has 0 aliphatic heterocycles. The molecule has 0 fully saturated rings. The van der Waals surface area contributed by atoms with Crippen molar-refractivity contribution in [3.63, 3.8) is 0 Å². The number of Topliss-reactive ketones (excluding diaryl/α,β-unsaturated/α-hetero) is 1. The highest BCUT2D eigenvalue weighted by atomic mass is 35.5. The number of ketones is 1. The average molecular weight is 359 g/mol. The summed E-state index contributed by atoms with van der Waals surface area (Å²) in [6, 6.07) is 7.14. The molecular formula is C20H23ClN2O2. The number of hydrogen-bond acceptors (Lipinski definition) is 3. The molecule has 132 valence electrons. The Bertz CT molecular complexity index is 844. The van der Waals surface area contributed by atoms with Gasteiger partial charge in [0, 0.05) is 24.7 Å². The van der Waals surface area contributed by atoms with Crippen LogP contribution in [0.3, 0.4) is 0 Å². The van der Waals surface area contributed by atoms with Crippen molar-refractivity contribution in [2.45, 2.75) is 34.2 Å². The molecule has 0 aromatic heterocycles. The van der Waals surface area contributed by atoms with Gasteiger partial charge in [-0.2, -0.15) is 0 Å². The molecule has 4 nitrogen and oxygen atoms in total. The van der Waals surface area contributed by atoms with Gasteiger partial charge in [0.05, 0.1) is 10.7 Å². The molecule has 0 saturated heterocycles. The lowest BCUT2D eigenvalue weighted by Gasteiger charge is -2.17. The number of amides is 1. The summed E-state index contributed by atoms with van der Waals surface area (Å²) in [5, 5.41) is 6.43. The van der Waals surface area contributed by atoms with Gasteiger partial charge in [0.15, 0.2) is 5.78 Å². The minimum Gasteiger partial charge on any atom is -0.380 e. The number of rotatable bonds is 5. The maximum absolute atomic E-state index is 11.9. The van der Waals surface area contributed by atoms with Crippen LogP contribution in [0.25, 0.3) is 0 Å². The minimum absolute atomic E-state index is 0.0656. The Hall–Kier alpha value is -2.33. The molecule has 25 heavy (non-hydrogen) atoms. The van der Waals surface area contributed by atoms with Crippen LogP contribution in [-0.2, 0) is 6.54 Å². The molecule has 0 atom stereocenters. The van der Waals surface area contributed by atoms with E-state index in [2.05, 4.69) is 10.6 Å². The summed E-state index contributed by atoms with van der Waals surface area (Å²) in [4.78, 5) is 23.7. The molecular weight excluding hydrogens is 336 g/mol. The maximum Gasteiger partial charge on any atom is 0.251 e. The first-order chi connectivity index (χ1) is 11.8. The van der Waals surface area contributed by atoms with E-state index in [0.717, 1.165) is 27.8 Å². The van der Waals surface area contributed by atoms with Crippen LogP contribution in [0.15, 0.2) is 24.3 Å². The van der Waals surface area contributed by atoms with Crippen LogP contribution >= 0.6 is 11.6 Å². The molecule has 5 heteroatoms. The molecule has 0 heterocycles. The normalized spacial score (nSPS) is 10.5. The molecule has 2 N–H and O–H groups in total. The van der Waals surface area contributed by atoms with Crippen molar-refractivity contribution in [1.29, 1.82) is 0 Å². The summed E-state index contributed by atoms with van der Waals surface area (Å²) in [6.45, 7) is 8.07. The Labute approximate surface area is 153 Å². The maximum atomic E-state index is 11.9. The summed E-state index contributed by atoms with van der Waals surface area (Å²) in [5.41, 5.74) is 6.15. The Morgan fingerprint density at radius 1 is 1.08 bits per heavy atom. The second-order valence-electron chi connectivity index (χ2n) is 6.17. The van der Waals surface area contributed by atoms with E-state index in [0.29, 0.717) is 22.8 Å². The summed E-state index contributed by atoms with van der Waals surface area (Å²) in [7, 11) is 1.59. The molecule has 2 aromatic carbocycles. The Morgan fingerprint density at radius 3 is 2.36 bits per heavy atom. The van der Waals surface area contributed by atoms with Crippen molar-refractivity contribution in [2.24, 2.45) is 0 Å². The van der Waals surface area contributed by atoms with Gasteiger partial charge in [0.25, 0.3) is 5.91 Å². The van der Waals surface area contributed by atoms with Crippen LogP contribution < -0.4 is 10.6 Å². The zero-order chi connectivity index (χ0) is 18.7. The van der Waals surface area contributed by atoms with Gasteiger partial charge >= 0.3 is 0 Å². The number of anilines is 1. The van der Waals surface area contributed by atoms with Crippen LogP contribution in [0.4, 0.5) is 5.69 Å². The second kappa shape index (κ2) is 7.70. The highest BCUT2D eigenvalue weighted by Crippen LogP contribution is 2.27. The first-order valence-corrected chi connectivity index (χ1v) is 8.50. The first kappa shape index (κ1) is 19.0. The molecule has 2 aromatic rings. The van der Waals surface area contributed by atoms with Crippen molar-refractivity contribution in [3.05, 3.63) is 62.7 Å². The van der Waals surface area contributed by atoms with Gasteiger partial charge in [0.2, 0.25) is 0 Å². The van der Waals surface area contributed by atoms with Crippen molar-refractivity contribution >= 4 is 29.0 Å². The van der Waals surface area contributed by atoms with Crippen LogP contribution in [0.5, 0.6) is 0 Å². The lowest BCUT2D eigenvalue weighted by Crippen LogP contribution is -2.18. The largest absolute Gasteiger partial charge is 0.380 e. The van der Waals surface area contributed by atoms with Crippen molar-refractivity contribution in [2.75, 3.05) is 12.4 Å². The highest BCUT2D eigenvalue weighted by molar-refractivity contribution is 6.33. The van der Waals surface area contributed by atoms with E-state index in [1.165, 1.54) is 0 Å². The Kier molecular flexibility index (Phi) is 5.85. The van der Waals surface area contributed by atoms with E-state index in [1.807, 2.05) is 26.8 Å². The fourth-order valence-corrected chi connectivity index (χ4v) is 3.35. The molecule has 0 radical (unpaired) electrons. The molecule has 0 aliphatic rings. The Balaban J connectivity index is 2.35. The number of hydrogen-bond donors (Lipinski definition) is 2. The topological polar surface area (TPSA) is 58.2 Å². The highest BCUT2D eigenvalue weighted by Gasteiger charge is 2.15. The zero-order valence-electron chi connectivity index (χ0n) is 15.2. The van der Waals surface area contributed by atoms with E-state index in [4.69, 9.17) is 11.6 Å². The summed E-state index contributed by atoms with van der Waals surface area (Å²) < 4.78 is 0. The number of aryl methyl sites for hydroxylation is 2. The molecule has 0 unspecified atom stereocenters. The minimum atomic E-state index is -0.165. The van der Waals surface area contributed by atoms with Gasteiger partial charge < -0.3 is 10.6 Å². The third-order valence-electron chi connectivity index (χ3n) is 4.39. The molecule has 0 bridgehead atoms. The van der Waals surface area contributed by atoms with Gasteiger partial charge in [-0.1, -0.05) is 17.7 Å². The van der Waals surface area contributed by atoms with E-state index in [-0.39, 0.29) is 11.7 Å². The second-order valence-corrected chi connectivity index (χ2v) is 6.58. The third-order valence-corrected chi connectivity index (χ3v) is 4.72. The number of benzene rings is 2. The van der Waals surface area contributed by atoms with Gasteiger partial charge in [-0.25, -0.2) is 0 Å². The summed E-state index contributed by atoms with van der Waals surface area (Å²) in [5.74, 6) is -0.0998. The van der Waals surface area contributed by atoms with Gasteiger partial charge in [0.1, 0.15) is 0 Å². The first-order valence-electron chi connectivity index (χ1n) is 8.12. The SMILES string of the molecule is CNC(=O)c1ccc(Cl)c(NCc2c(C)cc(C)c(C(C)=O)c2C)c1. The van der Waals surface area contributed by atoms with Gasteiger partial charge in [-0.3, -0.25) is 9.59 Å². The van der Waals surface area contributed by atoms with Crippen LogP contribution in [-0.4, -0.2) is 18.7 Å². The van der Waals surface area contributed by atoms with Gasteiger partial charge in [-0.15, -0.1) is 0 Å². The van der Waals surface area contributed by atoms with E-state index in [9.17, 15) is 9.59 Å². The lowest BCUT2D eigenvalue weighted by atomic mass is 9.91. The summed E-state index contributed by atoms with van der Waals surface area (Å²) in [6.07, 6.45) is 0. The quantitative estimate of drug-likeness (QED) is 0.777. The van der Waals surface area contributed by atoms with Crippen molar-refractivity contribution in [3.8, 4) is 0 Å². The molecule has 0 aliphatic carbocycles. The van der Waals surface area contributed by atoms with Crippen LogP contribution in [0.1, 0.15) is 49.9 Å². The number of carbonyl (C=O) groups excluding carboxylic acids is 2. The fraction of sp³-hybridized carbons (Fsp3) is 0.300. The van der Waals surface area contributed by atoms with Crippen LogP contribution in [0, 0.1) is 20.8 Å². The average Bonchev–Trinajstić information content (AvgIpc) is 2.54. The van der Waals surface area contributed by atoms with E-state index in [1.54, 1.807) is 32.2 Å². The molecule has 2 rings (SSSR count). The van der Waals surface area contributed by atoms with Crippen LogP contribution in [0.2, 0.25) is 5.02 Å². The third kappa shape index (κ3) is 4.02. The van der Waals surface area contributed by atoms with E-state index < -0.39 is 0 Å². The number of carbonyl (C=O) groups is 2. The predicted molar refractivity (Wildman–Crippen MR) is 103 cm³/mol. The molecule has 1 amide bonds. The molecule has 0 spiro atoms. The molecule has 0 saturated carbocycles. The Morgan fingerprint density at radius 2 is 1.76 bits per heavy atom. The number of nitrogens with one attached hydrogen (secondary N) is 2. The van der Waals surface area contributed by atoms with Crippen molar-refractivity contribution in [1.82, 2.24) is 5.32 Å². The zero-order valence-corrected chi connectivity index (χ0v) is 16.0. The summed E-state index contributed by atoms with van der Waals surface area (Å²) >= 11 is 6.25. The van der Waals surface area contributed by atoms with Gasteiger partial charge in [-0.05, 0) is 68.1 Å². The predicted octanol–water partition coefficient (Wildman–Crippen LogP) is 4.44. The smallest absolute Gasteiger partial charge is 0.251 e.